The first-order chi connectivity index (χ1) is 8.09. The Bertz CT molecular complexity index is 374. The maximum absolute atomic E-state index is 11.4. The molecule has 0 heterocycles. The van der Waals surface area contributed by atoms with Gasteiger partial charge in [-0.25, -0.2) is 0 Å². The Labute approximate surface area is 101 Å². The van der Waals surface area contributed by atoms with E-state index < -0.39 is 0 Å². The summed E-state index contributed by atoms with van der Waals surface area (Å²) < 4.78 is 0. The van der Waals surface area contributed by atoms with Gasteiger partial charge in [-0.15, -0.1) is 0 Å². The zero-order valence-electron chi connectivity index (χ0n) is 10.2. The van der Waals surface area contributed by atoms with Gasteiger partial charge in [0.25, 0.3) is 0 Å². The molecular formula is C13H18N2O2. The highest BCUT2D eigenvalue weighted by Gasteiger charge is 2.08. The minimum Gasteiger partial charge on any atom is -0.350 e. The average molecular weight is 234 g/mol. The number of hydrogen-bond donors (Lipinski definition) is 2. The highest BCUT2D eigenvalue weighted by Crippen LogP contribution is 1.96. The molecule has 17 heavy (non-hydrogen) atoms. The van der Waals surface area contributed by atoms with E-state index in [-0.39, 0.29) is 24.3 Å². The molecule has 0 atom stereocenters. The molecule has 92 valence electrons. The van der Waals surface area contributed by atoms with Gasteiger partial charge in [0, 0.05) is 12.5 Å². The van der Waals surface area contributed by atoms with Crippen molar-refractivity contribution in [2.24, 2.45) is 5.92 Å². The van der Waals surface area contributed by atoms with E-state index in [0.717, 1.165) is 5.56 Å². The summed E-state index contributed by atoms with van der Waals surface area (Å²) in [6, 6.07) is 9.64. The number of nitrogens with one attached hydrogen (secondary N) is 2. The van der Waals surface area contributed by atoms with Crippen molar-refractivity contribution >= 4 is 11.8 Å². The molecule has 1 aromatic carbocycles. The summed E-state index contributed by atoms with van der Waals surface area (Å²) in [5.41, 5.74) is 1.04. The first-order valence-electron chi connectivity index (χ1n) is 5.68. The minimum atomic E-state index is -0.178. The third-order valence-corrected chi connectivity index (χ3v) is 2.28. The standard InChI is InChI=1S/C13H18N2O2/c1-10(2)13(17)15-9-12(16)14-8-11-6-4-3-5-7-11/h3-7,10H,8-9H2,1-2H3,(H,14,16)(H,15,17). The van der Waals surface area contributed by atoms with E-state index in [1.807, 2.05) is 30.3 Å². The average Bonchev–Trinajstić information content (AvgIpc) is 2.34. The van der Waals surface area contributed by atoms with Crippen molar-refractivity contribution in [1.29, 1.82) is 0 Å². The van der Waals surface area contributed by atoms with Crippen molar-refractivity contribution < 1.29 is 9.59 Å². The zero-order valence-corrected chi connectivity index (χ0v) is 10.2. The Balaban J connectivity index is 2.24. The Kier molecular flexibility index (Phi) is 5.20. The zero-order chi connectivity index (χ0) is 12.7. The van der Waals surface area contributed by atoms with Gasteiger partial charge in [0.2, 0.25) is 11.8 Å². The third kappa shape index (κ3) is 5.15. The minimum absolute atomic E-state index is 0.0316. The largest absolute Gasteiger partial charge is 0.350 e. The van der Waals surface area contributed by atoms with Crippen molar-refractivity contribution in [3.8, 4) is 0 Å². The number of carbonyl (C=O) groups excluding carboxylic acids is 2. The summed E-state index contributed by atoms with van der Waals surface area (Å²) >= 11 is 0. The van der Waals surface area contributed by atoms with Crippen LogP contribution in [-0.4, -0.2) is 18.4 Å². The molecule has 0 unspecified atom stereocenters. The van der Waals surface area contributed by atoms with Crippen LogP contribution in [0.2, 0.25) is 0 Å². The van der Waals surface area contributed by atoms with Crippen molar-refractivity contribution in [2.45, 2.75) is 20.4 Å². The molecule has 1 rings (SSSR count). The van der Waals surface area contributed by atoms with Gasteiger partial charge in [0.1, 0.15) is 0 Å². The van der Waals surface area contributed by atoms with Gasteiger partial charge in [-0.1, -0.05) is 44.2 Å². The van der Waals surface area contributed by atoms with Crippen molar-refractivity contribution in [1.82, 2.24) is 10.6 Å². The highest BCUT2D eigenvalue weighted by atomic mass is 16.2. The topological polar surface area (TPSA) is 58.2 Å². The lowest BCUT2D eigenvalue weighted by atomic mass is 10.2. The van der Waals surface area contributed by atoms with Crippen LogP contribution in [0.3, 0.4) is 0 Å². The Morgan fingerprint density at radius 2 is 1.76 bits per heavy atom. The third-order valence-electron chi connectivity index (χ3n) is 2.28. The van der Waals surface area contributed by atoms with Crippen molar-refractivity contribution in [2.75, 3.05) is 6.54 Å². The van der Waals surface area contributed by atoms with E-state index in [2.05, 4.69) is 10.6 Å². The van der Waals surface area contributed by atoms with E-state index in [9.17, 15) is 9.59 Å². The van der Waals surface area contributed by atoms with Crippen LogP contribution in [0, 0.1) is 5.92 Å². The second-order valence-corrected chi connectivity index (χ2v) is 4.13. The highest BCUT2D eigenvalue weighted by molar-refractivity contribution is 5.85. The molecule has 0 spiro atoms. The van der Waals surface area contributed by atoms with E-state index in [0.29, 0.717) is 6.54 Å². The molecule has 0 saturated carbocycles. The predicted molar refractivity (Wildman–Crippen MR) is 66.1 cm³/mol. The van der Waals surface area contributed by atoms with Crippen LogP contribution >= 0.6 is 0 Å². The fraction of sp³-hybridized carbons (Fsp3) is 0.385. The van der Waals surface area contributed by atoms with Gasteiger partial charge in [-0.3, -0.25) is 9.59 Å². The fourth-order valence-corrected chi connectivity index (χ4v) is 1.23. The van der Waals surface area contributed by atoms with Crippen LogP contribution in [0.15, 0.2) is 30.3 Å². The van der Waals surface area contributed by atoms with Crippen LogP contribution in [0.25, 0.3) is 0 Å². The molecule has 0 aromatic heterocycles. The number of hydrogen-bond acceptors (Lipinski definition) is 2. The van der Waals surface area contributed by atoms with Gasteiger partial charge in [0.15, 0.2) is 0 Å². The monoisotopic (exact) mass is 234 g/mol. The van der Waals surface area contributed by atoms with Crippen LogP contribution in [0.1, 0.15) is 19.4 Å². The molecule has 0 bridgehead atoms. The number of amides is 2. The molecular weight excluding hydrogens is 216 g/mol. The quantitative estimate of drug-likeness (QED) is 0.800. The molecule has 0 aliphatic carbocycles. The normalized spacial score (nSPS) is 10.1. The molecule has 0 aliphatic rings. The molecule has 4 nitrogen and oxygen atoms in total. The first-order valence-corrected chi connectivity index (χ1v) is 5.68. The first kappa shape index (κ1) is 13.2. The second kappa shape index (κ2) is 6.68. The fourth-order valence-electron chi connectivity index (χ4n) is 1.23. The molecule has 1 aromatic rings. The van der Waals surface area contributed by atoms with Crippen LogP contribution in [0.5, 0.6) is 0 Å². The van der Waals surface area contributed by atoms with Crippen molar-refractivity contribution in [3.05, 3.63) is 35.9 Å². The predicted octanol–water partition coefficient (Wildman–Crippen LogP) is 1.07. The second-order valence-electron chi connectivity index (χ2n) is 4.13. The Morgan fingerprint density at radius 1 is 1.12 bits per heavy atom. The number of benzene rings is 1. The lowest BCUT2D eigenvalue weighted by molar-refractivity contribution is -0.127. The maximum Gasteiger partial charge on any atom is 0.239 e. The van der Waals surface area contributed by atoms with Crippen LogP contribution in [-0.2, 0) is 16.1 Å². The van der Waals surface area contributed by atoms with Gasteiger partial charge in [-0.05, 0) is 5.56 Å². The lowest BCUT2D eigenvalue weighted by Gasteiger charge is -2.08. The summed E-state index contributed by atoms with van der Waals surface area (Å²) in [6.07, 6.45) is 0. The van der Waals surface area contributed by atoms with E-state index >= 15 is 0 Å². The summed E-state index contributed by atoms with van der Waals surface area (Å²) in [6.45, 7) is 4.09. The molecule has 2 N–H and O–H groups in total. The molecule has 4 heteroatoms. The number of carbonyl (C=O) groups is 2. The van der Waals surface area contributed by atoms with Crippen LogP contribution < -0.4 is 10.6 Å². The lowest BCUT2D eigenvalue weighted by Crippen LogP contribution is -2.38. The van der Waals surface area contributed by atoms with E-state index in [1.165, 1.54) is 0 Å². The smallest absolute Gasteiger partial charge is 0.239 e. The summed E-state index contributed by atoms with van der Waals surface area (Å²) in [4.78, 5) is 22.6. The SMILES string of the molecule is CC(C)C(=O)NCC(=O)NCc1ccccc1. The van der Waals surface area contributed by atoms with Gasteiger partial charge < -0.3 is 10.6 Å². The summed E-state index contributed by atoms with van der Waals surface area (Å²) in [5.74, 6) is -0.389. The maximum atomic E-state index is 11.4. The van der Waals surface area contributed by atoms with Gasteiger partial charge >= 0.3 is 0 Å². The molecule has 0 saturated heterocycles. The summed E-state index contributed by atoms with van der Waals surface area (Å²) in [5, 5.41) is 5.31. The van der Waals surface area contributed by atoms with Crippen molar-refractivity contribution in [3.63, 3.8) is 0 Å². The Morgan fingerprint density at radius 3 is 2.35 bits per heavy atom. The molecule has 0 fully saturated rings. The van der Waals surface area contributed by atoms with E-state index in [4.69, 9.17) is 0 Å². The number of rotatable bonds is 5. The van der Waals surface area contributed by atoms with E-state index in [1.54, 1.807) is 13.8 Å². The van der Waals surface area contributed by atoms with Gasteiger partial charge in [-0.2, -0.15) is 0 Å². The van der Waals surface area contributed by atoms with Gasteiger partial charge in [0.05, 0.1) is 6.54 Å². The molecule has 0 aliphatic heterocycles. The molecule has 0 radical (unpaired) electrons. The Hall–Kier alpha value is -1.84. The van der Waals surface area contributed by atoms with Crippen LogP contribution in [0.4, 0.5) is 0 Å². The summed E-state index contributed by atoms with van der Waals surface area (Å²) in [7, 11) is 0. The molecule has 2 amide bonds.